The van der Waals surface area contributed by atoms with Crippen LogP contribution in [0.3, 0.4) is 0 Å². The molecule has 1 saturated heterocycles. The van der Waals surface area contributed by atoms with Crippen molar-refractivity contribution in [3.8, 4) is 0 Å². The third-order valence-corrected chi connectivity index (χ3v) is 6.67. The number of carbonyl (C=O) groups excluding carboxylic acids is 1. The zero-order valence-corrected chi connectivity index (χ0v) is 22.2. The summed E-state index contributed by atoms with van der Waals surface area (Å²) in [5, 5.41) is 9.37. The molecule has 1 aliphatic rings. The zero-order chi connectivity index (χ0) is 27.5. The van der Waals surface area contributed by atoms with E-state index in [4.69, 9.17) is 23.7 Å². The maximum atomic E-state index is 12.5. The third kappa shape index (κ3) is 7.86. The van der Waals surface area contributed by atoms with Crippen molar-refractivity contribution >= 4 is 6.03 Å². The van der Waals surface area contributed by atoms with Gasteiger partial charge in [0.05, 0.1) is 26.4 Å². The molecule has 4 rings (SSSR count). The number of methoxy groups -OCH3 is 1. The molecule has 9 heteroatoms. The summed E-state index contributed by atoms with van der Waals surface area (Å²) >= 11 is 0. The lowest BCUT2D eigenvalue weighted by Gasteiger charge is -2.48. The van der Waals surface area contributed by atoms with Gasteiger partial charge < -0.3 is 28.6 Å². The Labute approximate surface area is 229 Å². The van der Waals surface area contributed by atoms with Crippen LogP contribution in [0.5, 0.6) is 0 Å². The summed E-state index contributed by atoms with van der Waals surface area (Å²) in [5.74, 6) is 0. The third-order valence-electron chi connectivity index (χ3n) is 6.67. The molecule has 0 aromatic heterocycles. The standard InChI is InChI=1S/C30H36N2O7/c1-32(30(33)31-34)26-28(38-20-24-16-10-5-11-17-24)27(37-19-23-14-8-4-9-15-23)25(39-29(26)35-2)21-36-18-22-12-6-3-7-13-22/h3-17,25-29,34H,18-21H2,1-2H3,(H,31,33)/t25-,26-,27-,28-,29-/m1/s1. The minimum Gasteiger partial charge on any atom is -0.374 e. The Hall–Kier alpha value is -3.31. The lowest BCUT2D eigenvalue weighted by atomic mass is 9.95. The average Bonchev–Trinajstić information content (AvgIpc) is 2.99. The molecule has 0 bridgehead atoms. The number of ether oxygens (including phenoxy) is 5. The topological polar surface area (TPSA) is 98.7 Å². The van der Waals surface area contributed by atoms with Gasteiger partial charge in [0, 0.05) is 14.2 Å². The summed E-state index contributed by atoms with van der Waals surface area (Å²) in [6.07, 6.45) is -2.74. The van der Waals surface area contributed by atoms with Gasteiger partial charge in [-0.1, -0.05) is 91.0 Å². The molecular formula is C30H36N2O7. The minimum atomic E-state index is -0.866. The lowest BCUT2D eigenvalue weighted by molar-refractivity contribution is -0.295. The van der Waals surface area contributed by atoms with Gasteiger partial charge in [0.15, 0.2) is 6.29 Å². The normalized spacial score (nSPS) is 22.8. The molecule has 1 heterocycles. The number of hydrogen-bond acceptors (Lipinski definition) is 7. The smallest absolute Gasteiger partial charge is 0.341 e. The van der Waals surface area contributed by atoms with Crippen molar-refractivity contribution in [2.24, 2.45) is 0 Å². The highest BCUT2D eigenvalue weighted by Crippen LogP contribution is 2.31. The van der Waals surface area contributed by atoms with Crippen LogP contribution in [0.25, 0.3) is 0 Å². The van der Waals surface area contributed by atoms with Crippen molar-refractivity contribution in [2.75, 3.05) is 20.8 Å². The number of urea groups is 1. The van der Waals surface area contributed by atoms with Gasteiger partial charge in [-0.15, -0.1) is 0 Å². The van der Waals surface area contributed by atoms with Crippen LogP contribution in [0.1, 0.15) is 16.7 Å². The quantitative estimate of drug-likeness (QED) is 0.265. The summed E-state index contributed by atoms with van der Waals surface area (Å²) in [6.45, 7) is 1.18. The van der Waals surface area contributed by atoms with E-state index in [9.17, 15) is 10.0 Å². The van der Waals surface area contributed by atoms with E-state index in [1.54, 1.807) is 12.5 Å². The second kappa shape index (κ2) is 14.7. The largest absolute Gasteiger partial charge is 0.374 e. The number of nitrogens with zero attached hydrogens (tertiary/aromatic N) is 1. The molecule has 5 atom stereocenters. The maximum Gasteiger partial charge on any atom is 0.341 e. The van der Waals surface area contributed by atoms with Crippen LogP contribution in [-0.4, -0.2) is 67.5 Å². The first-order valence-corrected chi connectivity index (χ1v) is 12.9. The van der Waals surface area contributed by atoms with Gasteiger partial charge in [0.2, 0.25) is 0 Å². The van der Waals surface area contributed by atoms with E-state index in [2.05, 4.69) is 0 Å². The van der Waals surface area contributed by atoms with Crippen LogP contribution in [-0.2, 0) is 43.5 Å². The van der Waals surface area contributed by atoms with Crippen molar-refractivity contribution in [2.45, 2.75) is 50.5 Å². The van der Waals surface area contributed by atoms with Gasteiger partial charge >= 0.3 is 6.03 Å². The first-order chi connectivity index (χ1) is 19.1. The summed E-state index contributed by atoms with van der Waals surface area (Å²) in [4.78, 5) is 13.8. The van der Waals surface area contributed by atoms with E-state index < -0.39 is 36.7 Å². The van der Waals surface area contributed by atoms with E-state index >= 15 is 0 Å². The molecule has 0 aliphatic carbocycles. The fourth-order valence-electron chi connectivity index (χ4n) is 4.63. The van der Waals surface area contributed by atoms with Crippen LogP contribution in [0.15, 0.2) is 91.0 Å². The Morgan fingerprint density at radius 3 is 1.79 bits per heavy atom. The Balaban J connectivity index is 1.61. The van der Waals surface area contributed by atoms with Crippen molar-refractivity contribution < 1.29 is 33.7 Å². The van der Waals surface area contributed by atoms with Crippen molar-refractivity contribution in [3.05, 3.63) is 108 Å². The molecule has 0 saturated carbocycles. The Morgan fingerprint density at radius 1 is 0.821 bits per heavy atom. The molecule has 2 N–H and O–H groups in total. The second-order valence-corrected chi connectivity index (χ2v) is 9.32. The van der Waals surface area contributed by atoms with Crippen LogP contribution < -0.4 is 5.48 Å². The molecule has 9 nitrogen and oxygen atoms in total. The van der Waals surface area contributed by atoms with Crippen molar-refractivity contribution in [1.82, 2.24) is 10.4 Å². The molecule has 3 aromatic carbocycles. The molecule has 1 aliphatic heterocycles. The predicted octanol–water partition coefficient (Wildman–Crippen LogP) is 4.14. The number of nitrogens with one attached hydrogen (secondary N) is 1. The van der Waals surface area contributed by atoms with Gasteiger partial charge in [-0.25, -0.2) is 10.3 Å². The second-order valence-electron chi connectivity index (χ2n) is 9.32. The molecule has 208 valence electrons. The predicted molar refractivity (Wildman–Crippen MR) is 144 cm³/mol. The molecule has 3 aromatic rings. The number of benzene rings is 3. The van der Waals surface area contributed by atoms with E-state index in [0.29, 0.717) is 13.2 Å². The lowest BCUT2D eigenvalue weighted by Crippen LogP contribution is -2.66. The Morgan fingerprint density at radius 2 is 1.31 bits per heavy atom. The van der Waals surface area contributed by atoms with Gasteiger partial charge in [-0.3, -0.25) is 5.21 Å². The molecule has 0 unspecified atom stereocenters. The fraction of sp³-hybridized carbons (Fsp3) is 0.367. The zero-order valence-electron chi connectivity index (χ0n) is 22.2. The fourth-order valence-corrected chi connectivity index (χ4v) is 4.63. The minimum absolute atomic E-state index is 0.210. The molecule has 0 spiro atoms. The molecule has 39 heavy (non-hydrogen) atoms. The number of hydroxylamine groups is 1. The number of hydrogen-bond donors (Lipinski definition) is 2. The number of carbonyl (C=O) groups is 1. The van der Waals surface area contributed by atoms with E-state index in [0.717, 1.165) is 16.7 Å². The highest BCUT2D eigenvalue weighted by atomic mass is 16.7. The van der Waals surface area contributed by atoms with Crippen molar-refractivity contribution in [3.63, 3.8) is 0 Å². The van der Waals surface area contributed by atoms with E-state index in [1.807, 2.05) is 91.0 Å². The molecule has 2 amide bonds. The van der Waals surface area contributed by atoms with Crippen LogP contribution in [0.2, 0.25) is 0 Å². The number of amides is 2. The van der Waals surface area contributed by atoms with Crippen LogP contribution >= 0.6 is 0 Å². The summed E-state index contributed by atoms with van der Waals surface area (Å²) in [7, 11) is 3.05. The first-order valence-electron chi connectivity index (χ1n) is 12.9. The Kier molecular flexibility index (Phi) is 10.8. The van der Waals surface area contributed by atoms with Crippen LogP contribution in [0, 0.1) is 0 Å². The van der Waals surface area contributed by atoms with E-state index in [1.165, 1.54) is 12.0 Å². The van der Waals surface area contributed by atoms with E-state index in [-0.39, 0.29) is 13.2 Å². The Bertz CT molecular complexity index is 1120. The van der Waals surface area contributed by atoms with Gasteiger partial charge in [0.25, 0.3) is 0 Å². The SMILES string of the molecule is CO[C@@H]1O[C@H](COCc2ccccc2)[C@@H](OCc2ccccc2)[C@H](OCc2ccccc2)[C@H]1N(C)C(=O)NO. The van der Waals surface area contributed by atoms with Gasteiger partial charge in [-0.05, 0) is 16.7 Å². The number of likely N-dealkylation sites (N-methyl/N-ethyl adjacent to an activating group) is 1. The maximum absolute atomic E-state index is 12.5. The molecule has 1 fully saturated rings. The first kappa shape index (κ1) is 28.7. The van der Waals surface area contributed by atoms with Crippen LogP contribution in [0.4, 0.5) is 4.79 Å². The summed E-state index contributed by atoms with van der Waals surface area (Å²) < 4.78 is 31.0. The summed E-state index contributed by atoms with van der Waals surface area (Å²) in [6, 6.07) is 27.9. The highest BCUT2D eigenvalue weighted by Gasteiger charge is 2.50. The highest BCUT2D eigenvalue weighted by molar-refractivity contribution is 5.73. The van der Waals surface area contributed by atoms with Gasteiger partial charge in [0.1, 0.15) is 24.4 Å². The molecule has 0 radical (unpaired) electrons. The average molecular weight is 537 g/mol. The molecular weight excluding hydrogens is 500 g/mol. The summed E-state index contributed by atoms with van der Waals surface area (Å²) in [5.41, 5.74) is 4.67. The van der Waals surface area contributed by atoms with Gasteiger partial charge in [-0.2, -0.15) is 0 Å². The number of rotatable bonds is 12. The van der Waals surface area contributed by atoms with Crippen molar-refractivity contribution in [1.29, 1.82) is 0 Å². The monoisotopic (exact) mass is 536 g/mol.